The zero-order valence-electron chi connectivity index (χ0n) is 9.31. The fourth-order valence-electron chi connectivity index (χ4n) is 1.48. The number of hydrogen-bond donors (Lipinski definition) is 1. The summed E-state index contributed by atoms with van der Waals surface area (Å²) in [6.45, 7) is 5.36. The molecule has 0 saturated carbocycles. The topological polar surface area (TPSA) is 26.0 Å². The second-order valence-corrected chi connectivity index (χ2v) is 4.00. The molecule has 1 atom stereocenters. The molecule has 0 aliphatic heterocycles. The van der Waals surface area contributed by atoms with E-state index in [-0.39, 0.29) is 5.56 Å². The van der Waals surface area contributed by atoms with Gasteiger partial charge in [0.25, 0.3) is 0 Å². The zero-order chi connectivity index (χ0) is 13.2. The third-order valence-corrected chi connectivity index (χ3v) is 2.29. The number of nitrogens with two attached hydrogens (primary N) is 1. The van der Waals surface area contributed by atoms with E-state index < -0.39 is 23.6 Å². The van der Waals surface area contributed by atoms with Crippen LogP contribution >= 0.6 is 0 Å². The van der Waals surface area contributed by atoms with Gasteiger partial charge in [-0.25, -0.2) is 4.39 Å². The van der Waals surface area contributed by atoms with Crippen molar-refractivity contribution in [2.75, 3.05) is 0 Å². The van der Waals surface area contributed by atoms with Gasteiger partial charge in [-0.15, -0.1) is 6.58 Å². The Kier molecular flexibility index (Phi) is 3.93. The van der Waals surface area contributed by atoms with E-state index in [4.69, 9.17) is 5.73 Å². The maximum absolute atomic E-state index is 13.0. The fraction of sp³-hybridized carbons (Fsp3) is 0.333. The van der Waals surface area contributed by atoms with E-state index in [2.05, 4.69) is 6.58 Å². The van der Waals surface area contributed by atoms with E-state index >= 15 is 0 Å². The largest absolute Gasteiger partial charge is 0.419 e. The molecule has 0 bridgehead atoms. The second kappa shape index (κ2) is 4.87. The quantitative estimate of drug-likeness (QED) is 0.638. The van der Waals surface area contributed by atoms with Crippen LogP contribution in [-0.4, -0.2) is 0 Å². The number of alkyl halides is 3. The normalized spacial score (nSPS) is 13.5. The molecular formula is C12H13F4N. The van der Waals surface area contributed by atoms with Crippen LogP contribution in [0.1, 0.15) is 30.5 Å². The molecule has 0 spiro atoms. The molecule has 5 heteroatoms. The van der Waals surface area contributed by atoms with E-state index in [1.54, 1.807) is 6.92 Å². The van der Waals surface area contributed by atoms with Crippen molar-refractivity contribution in [3.8, 4) is 0 Å². The van der Waals surface area contributed by atoms with Gasteiger partial charge in [0.1, 0.15) is 5.82 Å². The van der Waals surface area contributed by atoms with Crippen LogP contribution in [0.25, 0.3) is 0 Å². The molecule has 1 nitrogen and oxygen atoms in total. The van der Waals surface area contributed by atoms with E-state index in [0.717, 1.165) is 17.7 Å². The van der Waals surface area contributed by atoms with Gasteiger partial charge in [-0.1, -0.05) is 11.6 Å². The van der Waals surface area contributed by atoms with E-state index in [1.165, 1.54) is 6.07 Å². The highest BCUT2D eigenvalue weighted by Crippen LogP contribution is 2.33. The Hall–Kier alpha value is -1.36. The van der Waals surface area contributed by atoms with E-state index in [9.17, 15) is 17.6 Å². The van der Waals surface area contributed by atoms with Crippen molar-refractivity contribution < 1.29 is 17.6 Å². The predicted molar refractivity (Wildman–Crippen MR) is 57.8 cm³/mol. The first-order valence-electron chi connectivity index (χ1n) is 4.98. The molecule has 0 aliphatic rings. The number of halogens is 4. The van der Waals surface area contributed by atoms with Crippen LogP contribution in [0.2, 0.25) is 0 Å². The molecule has 0 aromatic heterocycles. The van der Waals surface area contributed by atoms with Gasteiger partial charge < -0.3 is 5.73 Å². The summed E-state index contributed by atoms with van der Waals surface area (Å²) >= 11 is 0. The lowest BCUT2D eigenvalue weighted by atomic mass is 9.99. The molecular weight excluding hydrogens is 234 g/mol. The van der Waals surface area contributed by atoms with Crippen LogP contribution in [0.3, 0.4) is 0 Å². The summed E-state index contributed by atoms with van der Waals surface area (Å²) in [7, 11) is 0. The molecule has 17 heavy (non-hydrogen) atoms. The molecule has 0 saturated heterocycles. The summed E-state index contributed by atoms with van der Waals surface area (Å²) in [5, 5.41) is 0. The van der Waals surface area contributed by atoms with Gasteiger partial charge in [-0.2, -0.15) is 13.2 Å². The lowest BCUT2D eigenvalue weighted by Gasteiger charge is -2.15. The van der Waals surface area contributed by atoms with Gasteiger partial charge in [-0.3, -0.25) is 0 Å². The first-order chi connectivity index (χ1) is 7.71. The zero-order valence-corrected chi connectivity index (χ0v) is 9.31. The summed E-state index contributed by atoms with van der Waals surface area (Å²) in [5.74, 6) is -1.29. The van der Waals surface area contributed by atoms with E-state index in [0.29, 0.717) is 6.42 Å². The fourth-order valence-corrected chi connectivity index (χ4v) is 1.48. The van der Waals surface area contributed by atoms with Gasteiger partial charge in [-0.05, 0) is 31.0 Å². The lowest BCUT2D eigenvalue weighted by Crippen LogP contribution is -2.14. The van der Waals surface area contributed by atoms with Crippen LogP contribution in [0, 0.1) is 5.82 Å². The Morgan fingerprint density at radius 2 is 2.00 bits per heavy atom. The van der Waals surface area contributed by atoms with Crippen molar-refractivity contribution in [1.82, 2.24) is 0 Å². The van der Waals surface area contributed by atoms with Crippen LogP contribution in [-0.2, 0) is 6.18 Å². The summed E-state index contributed by atoms with van der Waals surface area (Å²) in [6.07, 6.45) is -4.34. The van der Waals surface area contributed by atoms with E-state index in [1.807, 2.05) is 0 Å². The number of benzene rings is 1. The molecule has 0 unspecified atom stereocenters. The molecule has 1 aromatic carbocycles. The summed E-state index contributed by atoms with van der Waals surface area (Å²) in [6, 6.07) is 2.20. The Morgan fingerprint density at radius 3 is 2.47 bits per heavy atom. The van der Waals surface area contributed by atoms with Crippen molar-refractivity contribution in [3.05, 3.63) is 47.3 Å². The third-order valence-electron chi connectivity index (χ3n) is 2.29. The SMILES string of the molecule is C=C(C)C[C@@H](N)c1ccc(F)c(C(F)(F)F)c1. The highest BCUT2D eigenvalue weighted by atomic mass is 19.4. The molecule has 0 radical (unpaired) electrons. The van der Waals surface area contributed by atoms with Gasteiger partial charge in [0.15, 0.2) is 0 Å². The first-order valence-corrected chi connectivity index (χ1v) is 4.98. The Balaban J connectivity index is 3.08. The molecule has 2 N–H and O–H groups in total. The molecule has 1 rings (SSSR count). The highest BCUT2D eigenvalue weighted by molar-refractivity contribution is 5.29. The maximum Gasteiger partial charge on any atom is 0.419 e. The lowest BCUT2D eigenvalue weighted by molar-refractivity contribution is -0.140. The number of hydrogen-bond acceptors (Lipinski definition) is 1. The smallest absolute Gasteiger partial charge is 0.324 e. The van der Waals surface area contributed by atoms with Crippen LogP contribution in [0.15, 0.2) is 30.4 Å². The van der Waals surface area contributed by atoms with Gasteiger partial charge >= 0.3 is 6.18 Å². The minimum atomic E-state index is -4.71. The second-order valence-electron chi connectivity index (χ2n) is 4.00. The average Bonchev–Trinajstić information content (AvgIpc) is 2.15. The maximum atomic E-state index is 13.0. The Morgan fingerprint density at radius 1 is 1.41 bits per heavy atom. The molecule has 0 amide bonds. The Labute approximate surface area is 96.9 Å². The van der Waals surface area contributed by atoms with Gasteiger partial charge in [0.2, 0.25) is 0 Å². The highest BCUT2D eigenvalue weighted by Gasteiger charge is 2.34. The summed E-state index contributed by atoms with van der Waals surface area (Å²) in [4.78, 5) is 0. The molecule has 0 aliphatic carbocycles. The monoisotopic (exact) mass is 247 g/mol. The van der Waals surface area contributed by atoms with Crippen molar-refractivity contribution in [3.63, 3.8) is 0 Å². The summed E-state index contributed by atoms with van der Waals surface area (Å²) < 4.78 is 50.4. The van der Waals surface area contributed by atoms with Crippen LogP contribution in [0.4, 0.5) is 17.6 Å². The van der Waals surface area contributed by atoms with Crippen molar-refractivity contribution in [1.29, 1.82) is 0 Å². The third kappa shape index (κ3) is 3.56. The van der Waals surface area contributed by atoms with Crippen LogP contribution < -0.4 is 5.73 Å². The Bertz CT molecular complexity index is 423. The molecule has 0 fully saturated rings. The van der Waals surface area contributed by atoms with Gasteiger partial charge in [0.05, 0.1) is 5.56 Å². The minimum Gasteiger partial charge on any atom is -0.324 e. The molecule has 1 aromatic rings. The first kappa shape index (κ1) is 13.7. The minimum absolute atomic E-state index is 0.252. The van der Waals surface area contributed by atoms with Crippen molar-refractivity contribution >= 4 is 0 Å². The molecule has 0 heterocycles. The van der Waals surface area contributed by atoms with Gasteiger partial charge in [0, 0.05) is 6.04 Å². The average molecular weight is 247 g/mol. The predicted octanol–water partition coefficient (Wildman–Crippen LogP) is 3.81. The number of rotatable bonds is 3. The summed E-state index contributed by atoms with van der Waals surface area (Å²) in [5.41, 5.74) is 5.43. The van der Waals surface area contributed by atoms with Crippen LogP contribution in [0.5, 0.6) is 0 Å². The molecule has 94 valence electrons. The standard InChI is InChI=1S/C12H13F4N/c1-7(2)5-11(17)8-3-4-10(13)9(6-8)12(14,15)16/h3-4,6,11H,1,5,17H2,2H3/t11-/m1/s1. The van der Waals surface area contributed by atoms with Crippen molar-refractivity contribution in [2.45, 2.75) is 25.6 Å². The van der Waals surface area contributed by atoms with Crippen molar-refractivity contribution in [2.24, 2.45) is 5.73 Å².